The zero-order valence-electron chi connectivity index (χ0n) is 20.5. The van der Waals surface area contributed by atoms with Gasteiger partial charge in [0.15, 0.2) is 15.5 Å². The van der Waals surface area contributed by atoms with E-state index in [9.17, 15) is 21.9 Å². The van der Waals surface area contributed by atoms with Gasteiger partial charge in [-0.15, -0.1) is 0 Å². The minimum absolute atomic E-state index is 0.157. The molecule has 194 valence electrons. The first kappa shape index (κ1) is 25.5. The Morgan fingerprint density at radius 3 is 2.43 bits per heavy atom. The first-order valence-electron chi connectivity index (χ1n) is 12.0. The fourth-order valence-corrected chi connectivity index (χ4v) is 6.65. The van der Waals surface area contributed by atoms with E-state index in [-0.39, 0.29) is 21.9 Å². The van der Waals surface area contributed by atoms with Crippen LogP contribution in [0.2, 0.25) is 0 Å². The summed E-state index contributed by atoms with van der Waals surface area (Å²) in [4.78, 5) is 9.25. The van der Waals surface area contributed by atoms with E-state index in [0.29, 0.717) is 53.8 Å². The van der Waals surface area contributed by atoms with Crippen LogP contribution < -0.4 is 4.72 Å². The molecule has 9 nitrogen and oxygen atoms in total. The van der Waals surface area contributed by atoms with Gasteiger partial charge in [-0.05, 0) is 62.4 Å². The number of aryl methyl sites for hydroxylation is 1. The highest BCUT2D eigenvalue weighted by atomic mass is 32.2. The zero-order chi connectivity index (χ0) is 26.4. The van der Waals surface area contributed by atoms with Gasteiger partial charge in [-0.25, -0.2) is 26.5 Å². The fourth-order valence-electron chi connectivity index (χ4n) is 4.65. The van der Waals surface area contributed by atoms with Gasteiger partial charge in [0.1, 0.15) is 0 Å². The molecule has 2 aromatic heterocycles. The van der Waals surface area contributed by atoms with Crippen molar-refractivity contribution in [2.75, 3.05) is 6.26 Å². The average Bonchev–Trinajstić information content (AvgIpc) is 3.28. The number of hydrogen-bond acceptors (Lipinski definition) is 7. The number of aliphatic hydroxyl groups excluding tert-OH is 1. The smallest absolute Gasteiger partial charge is 0.240 e. The number of rotatable bonds is 6. The standard InChI is InChI=1S/C26H28N4O5S2/c1-17-6-11-22(37(34,35)29-19-7-9-20(31)10-8-19)13-23(17)25-14-28-26-15-27-24(16-30(25)26)18-4-3-5-21(12-18)36(2,32)33/h3-6,11-16,19-20,29,31H,7-10H2,1-2H3. The van der Waals surface area contributed by atoms with Crippen molar-refractivity contribution in [2.45, 2.75) is 54.5 Å². The van der Waals surface area contributed by atoms with E-state index in [0.717, 1.165) is 11.8 Å². The molecule has 0 spiro atoms. The third-order valence-corrected chi connectivity index (χ3v) is 9.40. The molecule has 37 heavy (non-hydrogen) atoms. The van der Waals surface area contributed by atoms with E-state index in [1.807, 2.05) is 11.3 Å². The van der Waals surface area contributed by atoms with Gasteiger partial charge in [-0.2, -0.15) is 0 Å². The topological polar surface area (TPSA) is 131 Å². The average molecular weight is 541 g/mol. The van der Waals surface area contributed by atoms with Crippen molar-refractivity contribution in [3.8, 4) is 22.5 Å². The van der Waals surface area contributed by atoms with Gasteiger partial charge in [0, 0.05) is 29.6 Å². The number of benzene rings is 2. The summed E-state index contributed by atoms with van der Waals surface area (Å²) in [6, 6.07) is 11.4. The molecule has 2 heterocycles. The van der Waals surface area contributed by atoms with Crippen LogP contribution in [0.1, 0.15) is 31.2 Å². The number of hydrogen-bond donors (Lipinski definition) is 2. The monoisotopic (exact) mass is 540 g/mol. The maximum absolute atomic E-state index is 13.2. The number of imidazole rings is 1. The second-order valence-electron chi connectivity index (χ2n) is 9.55. The summed E-state index contributed by atoms with van der Waals surface area (Å²) in [6.45, 7) is 1.90. The number of aromatic nitrogens is 3. The third-order valence-electron chi connectivity index (χ3n) is 6.77. The van der Waals surface area contributed by atoms with E-state index in [1.54, 1.807) is 61.1 Å². The Morgan fingerprint density at radius 1 is 0.946 bits per heavy atom. The van der Waals surface area contributed by atoms with Crippen molar-refractivity contribution in [1.82, 2.24) is 19.1 Å². The van der Waals surface area contributed by atoms with Crippen LogP contribution >= 0.6 is 0 Å². The number of aliphatic hydroxyl groups is 1. The fraction of sp³-hybridized carbons (Fsp3) is 0.308. The molecule has 0 aliphatic heterocycles. The van der Waals surface area contributed by atoms with Crippen LogP contribution in [0.4, 0.5) is 0 Å². The van der Waals surface area contributed by atoms with Crippen molar-refractivity contribution in [1.29, 1.82) is 0 Å². The van der Waals surface area contributed by atoms with E-state index < -0.39 is 19.9 Å². The minimum Gasteiger partial charge on any atom is -0.393 e. The lowest BCUT2D eigenvalue weighted by atomic mass is 9.94. The van der Waals surface area contributed by atoms with Crippen molar-refractivity contribution in [2.24, 2.45) is 0 Å². The van der Waals surface area contributed by atoms with Gasteiger partial charge in [0.05, 0.1) is 39.7 Å². The Balaban J connectivity index is 1.53. The van der Waals surface area contributed by atoms with Crippen LogP contribution in [0.3, 0.4) is 0 Å². The molecular weight excluding hydrogens is 512 g/mol. The maximum atomic E-state index is 13.2. The van der Waals surface area contributed by atoms with E-state index in [2.05, 4.69) is 14.7 Å². The molecule has 2 aromatic carbocycles. The molecule has 1 aliphatic rings. The van der Waals surface area contributed by atoms with E-state index in [4.69, 9.17) is 0 Å². The molecule has 0 unspecified atom stereocenters. The van der Waals surface area contributed by atoms with Crippen LogP contribution in [0.15, 0.2) is 70.8 Å². The highest BCUT2D eigenvalue weighted by Gasteiger charge is 2.25. The Kier molecular flexibility index (Phi) is 6.65. The second kappa shape index (κ2) is 9.64. The number of fused-ring (bicyclic) bond motifs is 1. The lowest BCUT2D eigenvalue weighted by Crippen LogP contribution is -2.38. The van der Waals surface area contributed by atoms with Crippen molar-refractivity contribution in [3.63, 3.8) is 0 Å². The van der Waals surface area contributed by atoms with Crippen molar-refractivity contribution in [3.05, 3.63) is 66.6 Å². The summed E-state index contributed by atoms with van der Waals surface area (Å²) in [5.41, 5.74) is 4.03. The SMILES string of the molecule is Cc1ccc(S(=O)(=O)NC2CCC(O)CC2)cc1-c1cnc2cnc(-c3cccc(S(C)(=O)=O)c3)cn12. The van der Waals surface area contributed by atoms with Crippen LogP contribution in [-0.4, -0.2) is 54.7 Å². The predicted octanol–water partition coefficient (Wildman–Crippen LogP) is 3.36. The van der Waals surface area contributed by atoms with Crippen LogP contribution in [0, 0.1) is 6.92 Å². The molecule has 5 rings (SSSR count). The summed E-state index contributed by atoms with van der Waals surface area (Å²) in [6.07, 6.45) is 8.19. The van der Waals surface area contributed by atoms with Crippen molar-refractivity contribution >= 4 is 25.5 Å². The highest BCUT2D eigenvalue weighted by Crippen LogP contribution is 2.29. The first-order chi connectivity index (χ1) is 17.5. The normalized spacial score (nSPS) is 18.8. The molecule has 0 saturated heterocycles. The van der Waals surface area contributed by atoms with Gasteiger partial charge in [-0.3, -0.25) is 9.38 Å². The molecule has 0 atom stereocenters. The molecule has 2 N–H and O–H groups in total. The van der Waals surface area contributed by atoms with Gasteiger partial charge >= 0.3 is 0 Å². The summed E-state index contributed by atoms with van der Waals surface area (Å²) in [5.74, 6) is 0. The van der Waals surface area contributed by atoms with Gasteiger partial charge in [0.2, 0.25) is 10.0 Å². The first-order valence-corrected chi connectivity index (χ1v) is 15.3. The Morgan fingerprint density at radius 2 is 1.70 bits per heavy atom. The summed E-state index contributed by atoms with van der Waals surface area (Å²) >= 11 is 0. The second-order valence-corrected chi connectivity index (χ2v) is 13.3. The Bertz CT molecular complexity index is 1690. The van der Waals surface area contributed by atoms with Crippen molar-refractivity contribution < 1.29 is 21.9 Å². The summed E-state index contributed by atoms with van der Waals surface area (Å²) < 4.78 is 55.0. The summed E-state index contributed by atoms with van der Waals surface area (Å²) in [7, 11) is -7.14. The molecule has 11 heteroatoms. The highest BCUT2D eigenvalue weighted by molar-refractivity contribution is 7.90. The van der Waals surface area contributed by atoms with Gasteiger partial charge in [-0.1, -0.05) is 18.2 Å². The van der Waals surface area contributed by atoms with E-state index >= 15 is 0 Å². The molecule has 1 fully saturated rings. The summed E-state index contributed by atoms with van der Waals surface area (Å²) in [5, 5.41) is 9.73. The predicted molar refractivity (Wildman–Crippen MR) is 140 cm³/mol. The van der Waals surface area contributed by atoms with Crippen LogP contribution in [-0.2, 0) is 19.9 Å². The third kappa shape index (κ3) is 5.30. The van der Waals surface area contributed by atoms with Crippen LogP contribution in [0.5, 0.6) is 0 Å². The lowest BCUT2D eigenvalue weighted by Gasteiger charge is -2.26. The molecule has 0 radical (unpaired) electrons. The van der Waals surface area contributed by atoms with Crippen LogP contribution in [0.25, 0.3) is 28.2 Å². The Labute approximate surface area is 216 Å². The molecule has 1 aliphatic carbocycles. The lowest BCUT2D eigenvalue weighted by molar-refractivity contribution is 0.120. The quantitative estimate of drug-likeness (QED) is 0.383. The number of sulfone groups is 1. The molecule has 0 bridgehead atoms. The van der Waals surface area contributed by atoms with Gasteiger partial charge < -0.3 is 5.11 Å². The molecular formula is C26H28N4O5S2. The molecule has 1 saturated carbocycles. The Hall–Kier alpha value is -3.12. The van der Waals surface area contributed by atoms with E-state index in [1.165, 1.54) is 0 Å². The zero-order valence-corrected chi connectivity index (χ0v) is 22.1. The number of nitrogens with zero attached hydrogens (tertiary/aromatic N) is 3. The molecule has 0 amide bonds. The molecule has 4 aromatic rings. The maximum Gasteiger partial charge on any atom is 0.240 e. The largest absolute Gasteiger partial charge is 0.393 e. The number of nitrogens with one attached hydrogen (secondary N) is 1. The number of sulfonamides is 1. The van der Waals surface area contributed by atoms with Gasteiger partial charge in [0.25, 0.3) is 0 Å². The minimum atomic E-state index is -3.76.